The summed E-state index contributed by atoms with van der Waals surface area (Å²) >= 11 is 1.51. The van der Waals surface area contributed by atoms with E-state index in [0.29, 0.717) is 44.9 Å². The first-order chi connectivity index (χ1) is 14.1. The molecule has 0 N–H and O–H groups in total. The SMILES string of the molecule is CCN(Cc1cccc2c1OCCO2)C(=O)C12CCC(=O)N1c1ccccc1S2. The first-order valence-corrected chi connectivity index (χ1v) is 10.7. The van der Waals surface area contributed by atoms with Crippen molar-refractivity contribution in [2.24, 2.45) is 0 Å². The first-order valence-electron chi connectivity index (χ1n) is 9.92. The quantitative estimate of drug-likeness (QED) is 0.773. The van der Waals surface area contributed by atoms with Gasteiger partial charge < -0.3 is 14.4 Å². The maximum Gasteiger partial charge on any atom is 0.260 e. The lowest BCUT2D eigenvalue weighted by Crippen LogP contribution is -2.53. The van der Waals surface area contributed by atoms with Gasteiger partial charge in [0.05, 0.1) is 5.69 Å². The fraction of sp³-hybridized carbons (Fsp3) is 0.364. The van der Waals surface area contributed by atoms with Crippen molar-refractivity contribution in [2.75, 3.05) is 24.7 Å². The van der Waals surface area contributed by atoms with Crippen LogP contribution in [0.2, 0.25) is 0 Å². The summed E-state index contributed by atoms with van der Waals surface area (Å²) in [5.74, 6) is 1.42. The van der Waals surface area contributed by atoms with E-state index in [9.17, 15) is 9.59 Å². The predicted octanol–water partition coefficient (Wildman–Crippen LogP) is 3.44. The lowest BCUT2D eigenvalue weighted by atomic mass is 10.1. The number of amides is 2. The number of ether oxygens (including phenoxy) is 2. The average molecular weight is 410 g/mol. The molecule has 0 aromatic heterocycles. The maximum atomic E-state index is 13.8. The van der Waals surface area contributed by atoms with Gasteiger partial charge in [-0.15, -0.1) is 0 Å². The molecule has 1 fully saturated rings. The zero-order valence-electron chi connectivity index (χ0n) is 16.2. The number of hydrogen-bond acceptors (Lipinski definition) is 5. The number of benzene rings is 2. The third-order valence-electron chi connectivity index (χ3n) is 5.69. The molecule has 150 valence electrons. The summed E-state index contributed by atoms with van der Waals surface area (Å²) in [6.07, 6.45) is 0.912. The minimum atomic E-state index is -0.886. The van der Waals surface area contributed by atoms with E-state index in [1.807, 2.05) is 54.3 Å². The minimum Gasteiger partial charge on any atom is -0.486 e. The highest BCUT2D eigenvalue weighted by Gasteiger charge is 2.58. The predicted molar refractivity (Wildman–Crippen MR) is 110 cm³/mol. The van der Waals surface area contributed by atoms with Crippen LogP contribution in [-0.2, 0) is 16.1 Å². The standard InChI is InChI=1S/C22H22N2O4S/c1-2-23(14-15-6-5-8-17-20(15)28-13-12-27-17)21(26)22-11-10-19(25)24(22)16-7-3-4-9-18(16)29-22/h3-9H,2,10-14H2,1H3. The van der Waals surface area contributed by atoms with Crippen molar-refractivity contribution < 1.29 is 19.1 Å². The van der Waals surface area contributed by atoms with Gasteiger partial charge in [-0.2, -0.15) is 0 Å². The van der Waals surface area contributed by atoms with Crippen LogP contribution in [-0.4, -0.2) is 41.3 Å². The lowest BCUT2D eigenvalue weighted by Gasteiger charge is -2.35. The summed E-state index contributed by atoms with van der Waals surface area (Å²) in [6, 6.07) is 13.5. The zero-order valence-corrected chi connectivity index (χ0v) is 17.0. The highest BCUT2D eigenvalue weighted by atomic mass is 32.2. The Bertz CT molecular complexity index is 995. The van der Waals surface area contributed by atoms with E-state index in [1.165, 1.54) is 11.8 Å². The molecule has 3 heterocycles. The number of carbonyl (C=O) groups excluding carboxylic acids is 2. The molecule has 3 aliphatic rings. The van der Waals surface area contributed by atoms with Gasteiger partial charge in [-0.05, 0) is 31.5 Å². The van der Waals surface area contributed by atoms with E-state index in [1.54, 1.807) is 4.90 Å². The number of anilines is 1. The van der Waals surface area contributed by atoms with E-state index in [0.717, 1.165) is 21.9 Å². The Hall–Kier alpha value is -2.67. The van der Waals surface area contributed by atoms with Crippen molar-refractivity contribution in [1.29, 1.82) is 0 Å². The number of rotatable bonds is 4. The molecule has 0 saturated carbocycles. The fourth-order valence-electron chi connectivity index (χ4n) is 4.32. The molecule has 0 bridgehead atoms. The van der Waals surface area contributed by atoms with Crippen LogP contribution in [0.3, 0.4) is 0 Å². The van der Waals surface area contributed by atoms with E-state index in [4.69, 9.17) is 9.47 Å². The van der Waals surface area contributed by atoms with Crippen molar-refractivity contribution in [1.82, 2.24) is 4.90 Å². The minimum absolute atomic E-state index is 0.0145. The maximum absolute atomic E-state index is 13.8. The average Bonchev–Trinajstić information content (AvgIpc) is 3.27. The third kappa shape index (κ3) is 2.79. The largest absolute Gasteiger partial charge is 0.486 e. The van der Waals surface area contributed by atoms with Gasteiger partial charge in [0.25, 0.3) is 5.91 Å². The second-order valence-electron chi connectivity index (χ2n) is 7.34. The summed E-state index contributed by atoms with van der Waals surface area (Å²) in [5.41, 5.74) is 1.77. The van der Waals surface area contributed by atoms with Crippen molar-refractivity contribution in [3.8, 4) is 11.5 Å². The highest BCUT2D eigenvalue weighted by molar-refractivity contribution is 8.02. The normalized spacial score (nSPS) is 21.7. The Labute approximate surface area is 173 Å². The van der Waals surface area contributed by atoms with Crippen LogP contribution in [0.25, 0.3) is 0 Å². The van der Waals surface area contributed by atoms with Gasteiger partial charge in [-0.25, -0.2) is 0 Å². The number of hydrogen-bond donors (Lipinski definition) is 0. The molecule has 0 spiro atoms. The molecule has 1 unspecified atom stereocenters. The van der Waals surface area contributed by atoms with Crippen molar-refractivity contribution in [3.63, 3.8) is 0 Å². The molecular weight excluding hydrogens is 388 g/mol. The number of para-hydroxylation sites is 2. The molecule has 7 heteroatoms. The van der Waals surface area contributed by atoms with E-state index in [2.05, 4.69) is 0 Å². The van der Waals surface area contributed by atoms with Gasteiger partial charge in [0.2, 0.25) is 5.91 Å². The summed E-state index contributed by atoms with van der Waals surface area (Å²) < 4.78 is 11.5. The molecule has 6 nitrogen and oxygen atoms in total. The van der Waals surface area contributed by atoms with Crippen LogP contribution >= 0.6 is 11.8 Å². The summed E-state index contributed by atoms with van der Waals surface area (Å²) in [7, 11) is 0. The van der Waals surface area contributed by atoms with Crippen molar-refractivity contribution in [3.05, 3.63) is 48.0 Å². The number of fused-ring (bicyclic) bond motifs is 4. The molecule has 1 atom stereocenters. The van der Waals surface area contributed by atoms with Crippen LogP contribution in [0.5, 0.6) is 11.5 Å². The Balaban J connectivity index is 1.47. The third-order valence-corrected chi connectivity index (χ3v) is 7.15. The number of carbonyl (C=O) groups is 2. The summed E-state index contributed by atoms with van der Waals surface area (Å²) in [6.45, 7) is 3.96. The molecule has 0 radical (unpaired) electrons. The Kier molecular flexibility index (Phi) is 4.42. The van der Waals surface area contributed by atoms with E-state index < -0.39 is 4.87 Å². The zero-order chi connectivity index (χ0) is 20.0. The number of likely N-dealkylation sites (N-methyl/N-ethyl adjacent to an activating group) is 1. The molecule has 2 aromatic rings. The molecule has 29 heavy (non-hydrogen) atoms. The van der Waals surface area contributed by atoms with Crippen LogP contribution < -0.4 is 14.4 Å². The molecule has 3 aliphatic heterocycles. The topological polar surface area (TPSA) is 59.1 Å². The molecular formula is C22H22N2O4S. The number of thioether (sulfide) groups is 1. The molecule has 1 saturated heterocycles. The van der Waals surface area contributed by atoms with Gasteiger partial charge in [0.15, 0.2) is 16.4 Å². The fourth-order valence-corrected chi connectivity index (χ4v) is 5.81. The molecule has 2 aromatic carbocycles. The van der Waals surface area contributed by atoms with Gasteiger partial charge in [0, 0.05) is 30.0 Å². The first kappa shape index (κ1) is 18.4. The lowest BCUT2D eigenvalue weighted by molar-refractivity contribution is -0.134. The van der Waals surface area contributed by atoms with E-state index >= 15 is 0 Å². The van der Waals surface area contributed by atoms with Crippen LogP contribution in [0.1, 0.15) is 25.3 Å². The van der Waals surface area contributed by atoms with Crippen molar-refractivity contribution in [2.45, 2.75) is 36.1 Å². The van der Waals surface area contributed by atoms with Crippen LogP contribution in [0.4, 0.5) is 5.69 Å². The Morgan fingerprint density at radius 3 is 2.86 bits per heavy atom. The van der Waals surface area contributed by atoms with Gasteiger partial charge in [0.1, 0.15) is 13.2 Å². The monoisotopic (exact) mass is 410 g/mol. The second kappa shape index (κ2) is 6.99. The Morgan fingerprint density at radius 1 is 1.17 bits per heavy atom. The molecule has 2 amide bonds. The van der Waals surface area contributed by atoms with Gasteiger partial charge >= 0.3 is 0 Å². The van der Waals surface area contributed by atoms with Crippen LogP contribution in [0.15, 0.2) is 47.4 Å². The molecule has 0 aliphatic carbocycles. The van der Waals surface area contributed by atoms with E-state index in [-0.39, 0.29) is 11.8 Å². The summed E-state index contributed by atoms with van der Waals surface area (Å²) in [4.78, 5) is 30.1. The van der Waals surface area contributed by atoms with Crippen molar-refractivity contribution >= 4 is 29.3 Å². The molecule has 5 rings (SSSR count). The summed E-state index contributed by atoms with van der Waals surface area (Å²) in [5, 5.41) is 0. The second-order valence-corrected chi connectivity index (χ2v) is 8.66. The Morgan fingerprint density at radius 2 is 2.00 bits per heavy atom. The smallest absolute Gasteiger partial charge is 0.260 e. The van der Waals surface area contributed by atoms with Gasteiger partial charge in [-0.3, -0.25) is 14.5 Å². The number of nitrogens with zero attached hydrogens (tertiary/aromatic N) is 2. The van der Waals surface area contributed by atoms with Crippen LogP contribution in [0, 0.1) is 0 Å². The highest BCUT2D eigenvalue weighted by Crippen LogP contribution is 2.56. The van der Waals surface area contributed by atoms with Gasteiger partial charge in [-0.1, -0.05) is 36.0 Å².